The van der Waals surface area contributed by atoms with Crippen LogP contribution in [0.1, 0.15) is 18.9 Å². The largest absolute Gasteiger partial charge is 0.455 e. The number of esters is 1. The number of benzene rings is 1. The van der Waals surface area contributed by atoms with Crippen molar-refractivity contribution in [2.45, 2.75) is 13.3 Å². The van der Waals surface area contributed by atoms with Crippen LogP contribution < -0.4 is 5.32 Å². The number of nitro benzene ring substituents is 1. The smallest absolute Gasteiger partial charge is 0.309 e. The van der Waals surface area contributed by atoms with E-state index < -0.39 is 23.4 Å². The van der Waals surface area contributed by atoms with Gasteiger partial charge < -0.3 is 10.1 Å². The summed E-state index contributed by atoms with van der Waals surface area (Å²) in [6, 6.07) is 5.27. The minimum atomic E-state index is -0.634. The zero-order valence-electron chi connectivity index (χ0n) is 11.7. The molecule has 22 heavy (non-hydrogen) atoms. The quantitative estimate of drug-likeness (QED) is 0.501. The Morgan fingerprint density at radius 3 is 2.77 bits per heavy atom. The van der Waals surface area contributed by atoms with Crippen molar-refractivity contribution in [1.82, 2.24) is 0 Å². The van der Waals surface area contributed by atoms with Gasteiger partial charge in [-0.1, -0.05) is 6.92 Å². The number of non-ortho nitro benzene ring substituents is 1. The lowest BCUT2D eigenvalue weighted by molar-refractivity contribution is -0.384. The highest BCUT2D eigenvalue weighted by Gasteiger charge is 2.40. The average molecular weight is 303 g/mol. The molecule has 1 aromatic rings. The molecule has 0 spiro atoms. The van der Waals surface area contributed by atoms with E-state index in [1.54, 1.807) is 6.07 Å². The number of hydrogen-bond acceptors (Lipinski definition) is 6. The van der Waals surface area contributed by atoms with Gasteiger partial charge in [-0.15, -0.1) is 0 Å². The Labute approximate surface area is 125 Å². The van der Waals surface area contributed by atoms with Crippen molar-refractivity contribution in [3.8, 4) is 6.07 Å². The molecule has 0 heterocycles. The summed E-state index contributed by atoms with van der Waals surface area (Å²) in [5.74, 6) is -0.865. The van der Waals surface area contributed by atoms with Gasteiger partial charge in [0.1, 0.15) is 6.07 Å². The zero-order valence-corrected chi connectivity index (χ0v) is 11.7. The lowest BCUT2D eigenvalue weighted by Gasteiger charge is -2.07. The second-order valence-corrected chi connectivity index (χ2v) is 5.07. The van der Waals surface area contributed by atoms with Gasteiger partial charge in [-0.05, 0) is 18.4 Å². The van der Waals surface area contributed by atoms with Crippen LogP contribution >= 0.6 is 0 Å². The van der Waals surface area contributed by atoms with Gasteiger partial charge in [0, 0.05) is 12.1 Å². The zero-order chi connectivity index (χ0) is 16.3. The highest BCUT2D eigenvalue weighted by molar-refractivity contribution is 5.94. The van der Waals surface area contributed by atoms with Crippen LogP contribution in [0.2, 0.25) is 0 Å². The molecule has 8 nitrogen and oxygen atoms in total. The number of anilines is 1. The van der Waals surface area contributed by atoms with E-state index in [9.17, 15) is 19.7 Å². The molecule has 1 aliphatic carbocycles. The number of nitro groups is 1. The molecule has 0 aromatic heterocycles. The van der Waals surface area contributed by atoms with Gasteiger partial charge in [-0.3, -0.25) is 19.7 Å². The number of nitrogens with one attached hydrogen (secondary N) is 1. The van der Waals surface area contributed by atoms with Crippen molar-refractivity contribution < 1.29 is 19.2 Å². The molecule has 0 unspecified atom stereocenters. The summed E-state index contributed by atoms with van der Waals surface area (Å²) >= 11 is 0. The molecule has 2 atom stereocenters. The highest BCUT2D eigenvalue weighted by Crippen LogP contribution is 2.38. The van der Waals surface area contributed by atoms with E-state index in [-0.39, 0.29) is 28.8 Å². The SMILES string of the molecule is C[C@@H]1C[C@@H]1C(=O)OCC(=O)Nc1ccc([N+](=O)[O-])cc1C#N. The molecule has 114 valence electrons. The number of ether oxygens (including phenoxy) is 1. The minimum Gasteiger partial charge on any atom is -0.455 e. The van der Waals surface area contributed by atoms with Crippen LogP contribution in [0.15, 0.2) is 18.2 Å². The predicted molar refractivity (Wildman–Crippen MR) is 74.7 cm³/mol. The Kier molecular flexibility index (Phi) is 4.36. The van der Waals surface area contributed by atoms with Gasteiger partial charge in [0.15, 0.2) is 6.61 Å². The number of nitrogens with zero attached hydrogens (tertiary/aromatic N) is 2. The number of hydrogen-bond donors (Lipinski definition) is 1. The van der Waals surface area contributed by atoms with E-state index in [1.165, 1.54) is 12.1 Å². The first-order valence-corrected chi connectivity index (χ1v) is 6.57. The minimum absolute atomic E-state index is 0.0373. The summed E-state index contributed by atoms with van der Waals surface area (Å²) in [6.07, 6.45) is 0.765. The number of rotatable bonds is 5. The van der Waals surface area contributed by atoms with Crippen LogP contribution in [0, 0.1) is 33.3 Å². The van der Waals surface area contributed by atoms with Crippen molar-refractivity contribution in [3.63, 3.8) is 0 Å². The van der Waals surface area contributed by atoms with Crippen LogP contribution in [0.3, 0.4) is 0 Å². The Hall–Kier alpha value is -2.95. The molecule has 0 radical (unpaired) electrons. The van der Waals surface area contributed by atoms with Gasteiger partial charge >= 0.3 is 5.97 Å². The monoisotopic (exact) mass is 303 g/mol. The third-order valence-corrected chi connectivity index (χ3v) is 3.37. The summed E-state index contributed by atoms with van der Waals surface area (Å²) in [4.78, 5) is 33.2. The van der Waals surface area contributed by atoms with Gasteiger partial charge in [0.2, 0.25) is 0 Å². The van der Waals surface area contributed by atoms with Crippen molar-refractivity contribution in [3.05, 3.63) is 33.9 Å². The fourth-order valence-corrected chi connectivity index (χ4v) is 1.93. The molecule has 1 saturated carbocycles. The van der Waals surface area contributed by atoms with Crippen molar-refractivity contribution in [2.75, 3.05) is 11.9 Å². The van der Waals surface area contributed by atoms with Gasteiger partial charge in [0.05, 0.1) is 22.1 Å². The summed E-state index contributed by atoms with van der Waals surface area (Å²) in [5.41, 5.74) is -0.151. The maximum atomic E-state index is 11.7. The van der Waals surface area contributed by atoms with Crippen molar-refractivity contribution in [2.24, 2.45) is 11.8 Å². The molecule has 1 N–H and O–H groups in total. The summed E-state index contributed by atoms with van der Waals surface area (Å²) in [6.45, 7) is 1.46. The van der Waals surface area contributed by atoms with E-state index in [1.807, 2.05) is 6.92 Å². The number of carbonyl (C=O) groups excluding carboxylic acids is 2. The van der Waals surface area contributed by atoms with Crippen molar-refractivity contribution in [1.29, 1.82) is 5.26 Å². The normalized spacial score (nSPS) is 18.9. The maximum absolute atomic E-state index is 11.7. The van der Waals surface area contributed by atoms with Gasteiger partial charge in [-0.2, -0.15) is 5.26 Å². The molecular weight excluding hydrogens is 290 g/mol. The Balaban J connectivity index is 1.95. The number of carbonyl (C=O) groups is 2. The van der Waals surface area contributed by atoms with E-state index in [0.29, 0.717) is 0 Å². The van der Waals surface area contributed by atoms with E-state index in [0.717, 1.165) is 12.5 Å². The molecule has 0 aliphatic heterocycles. The van der Waals surface area contributed by atoms with Crippen LogP contribution in [-0.2, 0) is 14.3 Å². The summed E-state index contributed by atoms with van der Waals surface area (Å²) < 4.78 is 4.86. The van der Waals surface area contributed by atoms with Crippen LogP contribution in [0.25, 0.3) is 0 Å². The average Bonchev–Trinajstić information content (AvgIpc) is 3.22. The molecular formula is C14H13N3O5. The maximum Gasteiger partial charge on any atom is 0.309 e. The molecule has 0 bridgehead atoms. The van der Waals surface area contributed by atoms with Crippen molar-refractivity contribution >= 4 is 23.3 Å². The first-order chi connectivity index (χ1) is 10.4. The first kappa shape index (κ1) is 15.4. The summed E-state index contributed by atoms with van der Waals surface area (Å²) in [7, 11) is 0. The third kappa shape index (κ3) is 3.58. The molecule has 1 fully saturated rings. The molecule has 2 rings (SSSR count). The van der Waals surface area contributed by atoms with E-state index in [2.05, 4.69) is 5.32 Å². The Bertz CT molecular complexity index is 680. The molecule has 1 amide bonds. The third-order valence-electron chi connectivity index (χ3n) is 3.37. The van der Waals surface area contributed by atoms with Crippen LogP contribution in [0.5, 0.6) is 0 Å². The summed E-state index contributed by atoms with van der Waals surface area (Å²) in [5, 5.41) is 22.0. The second-order valence-electron chi connectivity index (χ2n) is 5.07. The lowest BCUT2D eigenvalue weighted by Crippen LogP contribution is -2.22. The lowest BCUT2D eigenvalue weighted by atomic mass is 10.1. The topological polar surface area (TPSA) is 122 Å². The fraction of sp³-hybridized carbons (Fsp3) is 0.357. The fourth-order valence-electron chi connectivity index (χ4n) is 1.93. The standard InChI is InChI=1S/C14H13N3O5/c1-8-4-11(8)14(19)22-7-13(18)16-12-3-2-10(17(20)21)5-9(12)6-15/h2-3,5,8,11H,4,7H2,1H3,(H,16,18)/t8-,11+/m1/s1. The Morgan fingerprint density at radius 1 is 1.55 bits per heavy atom. The molecule has 8 heteroatoms. The second kappa shape index (κ2) is 6.22. The molecule has 1 aromatic carbocycles. The van der Waals surface area contributed by atoms with E-state index >= 15 is 0 Å². The van der Waals surface area contributed by atoms with Gasteiger partial charge in [-0.25, -0.2) is 0 Å². The first-order valence-electron chi connectivity index (χ1n) is 6.57. The van der Waals surface area contributed by atoms with E-state index in [4.69, 9.17) is 10.00 Å². The number of nitriles is 1. The van der Waals surface area contributed by atoms with Crippen LogP contribution in [0.4, 0.5) is 11.4 Å². The Morgan fingerprint density at radius 2 is 2.23 bits per heavy atom. The van der Waals surface area contributed by atoms with Crippen LogP contribution in [-0.4, -0.2) is 23.4 Å². The highest BCUT2D eigenvalue weighted by atomic mass is 16.6. The predicted octanol–water partition coefficient (Wildman–Crippen LogP) is 1.60. The number of amides is 1. The molecule has 0 saturated heterocycles. The molecule has 1 aliphatic rings. The van der Waals surface area contributed by atoms with Gasteiger partial charge in [0.25, 0.3) is 11.6 Å².